The smallest absolute Gasteiger partial charge is 0.252 e. The van der Waals surface area contributed by atoms with Gasteiger partial charge >= 0.3 is 0 Å². The summed E-state index contributed by atoms with van der Waals surface area (Å²) in [5, 5.41) is 3.69. The Balaban J connectivity index is 2.45. The average molecular weight is 313 g/mol. The standard InChI is InChI=1S/C18H23N3O2/c1-11(2)15-9-13(12-7-5-6-8-14(12)20-15)17(23)21-18(3,4)10-16(19)22/h5-9,11H,10H2,1-4H3,(H2,19,22)(H,21,23). The highest BCUT2D eigenvalue weighted by Gasteiger charge is 2.25. The van der Waals surface area contributed by atoms with Gasteiger partial charge in [0.05, 0.1) is 11.1 Å². The molecule has 23 heavy (non-hydrogen) atoms. The quantitative estimate of drug-likeness (QED) is 0.890. The maximum atomic E-state index is 12.7. The van der Waals surface area contributed by atoms with E-state index >= 15 is 0 Å². The van der Waals surface area contributed by atoms with Crippen LogP contribution in [-0.4, -0.2) is 22.3 Å². The maximum Gasteiger partial charge on any atom is 0.252 e. The number of nitrogens with one attached hydrogen (secondary N) is 1. The van der Waals surface area contributed by atoms with Crippen molar-refractivity contribution < 1.29 is 9.59 Å². The van der Waals surface area contributed by atoms with E-state index in [0.717, 1.165) is 16.6 Å². The Hall–Kier alpha value is -2.43. The number of aromatic nitrogens is 1. The zero-order valence-electron chi connectivity index (χ0n) is 14.0. The molecular formula is C18H23N3O2. The van der Waals surface area contributed by atoms with Crippen LogP contribution < -0.4 is 11.1 Å². The lowest BCUT2D eigenvalue weighted by Gasteiger charge is -2.25. The SMILES string of the molecule is CC(C)c1cc(C(=O)NC(C)(C)CC(N)=O)c2ccccc2n1. The number of hydrogen-bond acceptors (Lipinski definition) is 3. The number of nitrogens with zero attached hydrogens (tertiary/aromatic N) is 1. The number of amides is 2. The number of primary amides is 1. The van der Waals surface area contributed by atoms with Gasteiger partial charge < -0.3 is 11.1 Å². The van der Waals surface area contributed by atoms with Crippen molar-refractivity contribution in [2.24, 2.45) is 5.73 Å². The molecule has 0 radical (unpaired) electrons. The van der Waals surface area contributed by atoms with E-state index in [-0.39, 0.29) is 18.2 Å². The molecule has 0 spiro atoms. The first-order chi connectivity index (χ1) is 10.7. The van der Waals surface area contributed by atoms with Crippen molar-refractivity contribution in [3.8, 4) is 0 Å². The van der Waals surface area contributed by atoms with E-state index in [1.165, 1.54) is 0 Å². The maximum absolute atomic E-state index is 12.7. The number of hydrogen-bond donors (Lipinski definition) is 2. The molecule has 0 aliphatic heterocycles. The molecule has 5 nitrogen and oxygen atoms in total. The second-order valence-electron chi connectivity index (χ2n) is 6.75. The summed E-state index contributed by atoms with van der Waals surface area (Å²) >= 11 is 0. The van der Waals surface area contributed by atoms with Crippen molar-refractivity contribution in [2.45, 2.75) is 45.6 Å². The minimum absolute atomic E-state index is 0.0821. The van der Waals surface area contributed by atoms with Crippen molar-refractivity contribution >= 4 is 22.7 Å². The van der Waals surface area contributed by atoms with Crippen LogP contribution in [0.4, 0.5) is 0 Å². The average Bonchev–Trinajstić information content (AvgIpc) is 2.43. The van der Waals surface area contributed by atoms with Crippen LogP contribution in [0.2, 0.25) is 0 Å². The molecular weight excluding hydrogens is 290 g/mol. The molecule has 0 saturated heterocycles. The second kappa shape index (κ2) is 6.36. The van der Waals surface area contributed by atoms with Crippen molar-refractivity contribution in [2.75, 3.05) is 0 Å². The summed E-state index contributed by atoms with van der Waals surface area (Å²) in [6, 6.07) is 9.38. The van der Waals surface area contributed by atoms with Crippen LogP contribution >= 0.6 is 0 Å². The zero-order chi connectivity index (χ0) is 17.2. The predicted molar refractivity (Wildman–Crippen MR) is 91.2 cm³/mol. The minimum atomic E-state index is -0.703. The van der Waals surface area contributed by atoms with E-state index in [2.05, 4.69) is 10.3 Å². The van der Waals surface area contributed by atoms with Crippen LogP contribution in [0.5, 0.6) is 0 Å². The lowest BCUT2D eigenvalue weighted by atomic mass is 9.98. The highest BCUT2D eigenvalue weighted by Crippen LogP contribution is 2.23. The van der Waals surface area contributed by atoms with E-state index in [1.54, 1.807) is 13.8 Å². The van der Waals surface area contributed by atoms with Crippen molar-refractivity contribution in [3.63, 3.8) is 0 Å². The lowest BCUT2D eigenvalue weighted by molar-refractivity contribution is -0.119. The summed E-state index contributed by atoms with van der Waals surface area (Å²) in [5.74, 6) is -0.459. The Bertz CT molecular complexity index is 751. The fourth-order valence-electron chi connectivity index (χ4n) is 2.53. The third-order valence-corrected chi connectivity index (χ3v) is 3.64. The van der Waals surface area contributed by atoms with Gasteiger partial charge in [0.15, 0.2) is 0 Å². The molecule has 1 heterocycles. The fraction of sp³-hybridized carbons (Fsp3) is 0.389. The predicted octanol–water partition coefficient (Wildman–Crippen LogP) is 2.74. The summed E-state index contributed by atoms with van der Waals surface area (Å²) in [6.45, 7) is 7.64. The molecule has 5 heteroatoms. The first kappa shape index (κ1) is 16.9. The summed E-state index contributed by atoms with van der Waals surface area (Å²) in [7, 11) is 0. The third kappa shape index (κ3) is 4.06. The molecule has 1 aromatic heterocycles. The largest absolute Gasteiger partial charge is 0.370 e. The summed E-state index contributed by atoms with van der Waals surface area (Å²) in [4.78, 5) is 28.5. The lowest BCUT2D eigenvalue weighted by Crippen LogP contribution is -2.46. The van der Waals surface area contributed by atoms with Gasteiger partial charge in [-0.25, -0.2) is 0 Å². The number of pyridine rings is 1. The highest BCUT2D eigenvalue weighted by molar-refractivity contribution is 6.06. The van der Waals surface area contributed by atoms with Crippen molar-refractivity contribution in [1.29, 1.82) is 0 Å². The molecule has 1 aromatic carbocycles. The van der Waals surface area contributed by atoms with E-state index in [4.69, 9.17) is 5.73 Å². The van der Waals surface area contributed by atoms with Gasteiger partial charge in [-0.1, -0.05) is 32.0 Å². The molecule has 2 aromatic rings. The molecule has 3 N–H and O–H groups in total. The number of benzene rings is 1. The highest BCUT2D eigenvalue weighted by atomic mass is 16.2. The van der Waals surface area contributed by atoms with Crippen molar-refractivity contribution in [3.05, 3.63) is 41.6 Å². The Kier molecular flexibility index (Phi) is 4.68. The number of carbonyl (C=O) groups is 2. The van der Waals surface area contributed by atoms with Gasteiger partial charge in [-0.05, 0) is 31.9 Å². The summed E-state index contributed by atoms with van der Waals surface area (Å²) < 4.78 is 0. The number of nitrogens with two attached hydrogens (primary N) is 1. The van der Waals surface area contributed by atoms with Crippen LogP contribution in [0.1, 0.15) is 56.1 Å². The Morgan fingerprint density at radius 1 is 1.26 bits per heavy atom. The molecule has 0 bridgehead atoms. The van der Waals surface area contributed by atoms with Gasteiger partial charge in [0.2, 0.25) is 5.91 Å². The number of rotatable bonds is 5. The zero-order valence-corrected chi connectivity index (χ0v) is 14.0. The minimum Gasteiger partial charge on any atom is -0.370 e. The Morgan fingerprint density at radius 2 is 1.91 bits per heavy atom. The first-order valence-corrected chi connectivity index (χ1v) is 7.70. The topological polar surface area (TPSA) is 85.1 Å². The van der Waals surface area contributed by atoms with E-state index in [9.17, 15) is 9.59 Å². The Labute approximate surface area is 136 Å². The van der Waals surface area contributed by atoms with Crippen LogP contribution in [0.25, 0.3) is 10.9 Å². The molecule has 0 aliphatic rings. The van der Waals surface area contributed by atoms with Gasteiger partial charge in [0.25, 0.3) is 5.91 Å². The van der Waals surface area contributed by atoms with Gasteiger partial charge in [0.1, 0.15) is 0 Å². The third-order valence-electron chi connectivity index (χ3n) is 3.64. The molecule has 0 unspecified atom stereocenters. The van der Waals surface area contributed by atoms with E-state index in [0.29, 0.717) is 5.56 Å². The molecule has 0 atom stereocenters. The number of carbonyl (C=O) groups excluding carboxylic acids is 2. The fourth-order valence-corrected chi connectivity index (χ4v) is 2.53. The van der Waals surface area contributed by atoms with Gasteiger partial charge in [-0.3, -0.25) is 14.6 Å². The molecule has 0 saturated carbocycles. The number of para-hydroxylation sites is 1. The molecule has 2 amide bonds. The molecule has 0 fully saturated rings. The summed E-state index contributed by atoms with van der Waals surface area (Å²) in [6.07, 6.45) is 0.0821. The summed E-state index contributed by atoms with van der Waals surface area (Å²) in [5.41, 5.74) is 6.76. The number of fused-ring (bicyclic) bond motifs is 1. The van der Waals surface area contributed by atoms with E-state index in [1.807, 2.05) is 44.2 Å². The first-order valence-electron chi connectivity index (χ1n) is 7.70. The normalized spacial score (nSPS) is 11.7. The van der Waals surface area contributed by atoms with E-state index < -0.39 is 11.4 Å². The monoisotopic (exact) mass is 313 g/mol. The van der Waals surface area contributed by atoms with Gasteiger partial charge in [0, 0.05) is 23.0 Å². The Morgan fingerprint density at radius 3 is 2.52 bits per heavy atom. The van der Waals surface area contributed by atoms with Crippen LogP contribution in [0.3, 0.4) is 0 Å². The van der Waals surface area contributed by atoms with Crippen LogP contribution in [0.15, 0.2) is 30.3 Å². The van der Waals surface area contributed by atoms with Crippen LogP contribution in [0, 0.1) is 0 Å². The molecule has 2 rings (SSSR count). The van der Waals surface area contributed by atoms with Crippen molar-refractivity contribution in [1.82, 2.24) is 10.3 Å². The second-order valence-corrected chi connectivity index (χ2v) is 6.75. The van der Waals surface area contributed by atoms with Gasteiger partial charge in [-0.15, -0.1) is 0 Å². The molecule has 122 valence electrons. The van der Waals surface area contributed by atoms with Gasteiger partial charge in [-0.2, -0.15) is 0 Å². The van der Waals surface area contributed by atoms with Crippen LogP contribution in [-0.2, 0) is 4.79 Å². The molecule has 0 aliphatic carbocycles.